The molecule has 0 heterocycles. The molecule has 15 heavy (non-hydrogen) atoms. The quantitative estimate of drug-likeness (QED) is 0.746. The second-order valence-corrected chi connectivity index (χ2v) is 2.94. The fourth-order valence-corrected chi connectivity index (χ4v) is 0.779. The van der Waals surface area contributed by atoms with Crippen molar-refractivity contribution in [2.75, 3.05) is 0 Å². The number of halogens is 6. The number of carbonyl (C=O) groups is 1. The second-order valence-electron chi connectivity index (χ2n) is 2.94. The summed E-state index contributed by atoms with van der Waals surface area (Å²) in [5, 5.41) is 8.15. The first-order valence-corrected chi connectivity index (χ1v) is 3.79. The molecule has 0 saturated heterocycles. The van der Waals surface area contributed by atoms with E-state index in [0.717, 1.165) is 0 Å². The van der Waals surface area contributed by atoms with Crippen LogP contribution >= 0.6 is 0 Å². The molecule has 3 unspecified atom stereocenters. The van der Waals surface area contributed by atoms with Crippen LogP contribution < -0.4 is 0 Å². The molecule has 2 nitrogen and oxygen atoms in total. The Labute approximate surface area is 80.9 Å². The summed E-state index contributed by atoms with van der Waals surface area (Å²) in [4.78, 5) is 10.1. The molecule has 0 aromatic carbocycles. The van der Waals surface area contributed by atoms with Crippen molar-refractivity contribution in [1.82, 2.24) is 0 Å². The van der Waals surface area contributed by atoms with Crippen molar-refractivity contribution in [3.8, 4) is 0 Å². The Kier molecular flexibility index (Phi) is 4.42. The van der Waals surface area contributed by atoms with Crippen molar-refractivity contribution >= 4 is 5.97 Å². The van der Waals surface area contributed by atoms with Gasteiger partial charge in [-0.3, -0.25) is 4.79 Å². The van der Waals surface area contributed by atoms with Crippen molar-refractivity contribution in [1.29, 1.82) is 0 Å². The second kappa shape index (κ2) is 4.71. The standard InChI is InChI=1S/C7H8F6O2/c1-2(6(14)15)3(8)7(12,13)4(9)5(10)11/h2-5H,1H3,(H,14,15). The molecule has 0 amide bonds. The predicted octanol–water partition coefficient (Wildman–Crippen LogP) is 2.28. The number of rotatable bonds is 5. The van der Waals surface area contributed by atoms with E-state index in [1.807, 2.05) is 0 Å². The summed E-state index contributed by atoms with van der Waals surface area (Å²) >= 11 is 0. The summed E-state index contributed by atoms with van der Waals surface area (Å²) in [5.74, 6) is -9.24. The van der Waals surface area contributed by atoms with Crippen LogP contribution in [0.5, 0.6) is 0 Å². The van der Waals surface area contributed by atoms with E-state index in [1.54, 1.807) is 0 Å². The van der Waals surface area contributed by atoms with Gasteiger partial charge in [-0.1, -0.05) is 0 Å². The zero-order valence-electron chi connectivity index (χ0n) is 7.43. The van der Waals surface area contributed by atoms with Crippen LogP contribution in [0.4, 0.5) is 26.3 Å². The summed E-state index contributed by atoms with van der Waals surface area (Å²) in [6.07, 6.45) is -11.6. The summed E-state index contributed by atoms with van der Waals surface area (Å²) in [5.41, 5.74) is 0. The monoisotopic (exact) mass is 238 g/mol. The summed E-state index contributed by atoms with van der Waals surface area (Å²) in [6.45, 7) is 0.541. The third-order valence-corrected chi connectivity index (χ3v) is 1.79. The van der Waals surface area contributed by atoms with E-state index >= 15 is 0 Å². The number of carboxylic acid groups (broad SMARTS) is 1. The summed E-state index contributed by atoms with van der Waals surface area (Å²) in [7, 11) is 0. The highest BCUT2D eigenvalue weighted by Crippen LogP contribution is 2.35. The fraction of sp³-hybridized carbons (Fsp3) is 0.857. The molecule has 0 aliphatic carbocycles. The average Bonchev–Trinajstić information content (AvgIpc) is 2.13. The number of hydrogen-bond donors (Lipinski definition) is 1. The molecule has 0 aromatic rings. The minimum absolute atomic E-state index is 0.541. The SMILES string of the molecule is CC(C(=O)O)C(F)C(F)(F)C(F)C(F)F. The van der Waals surface area contributed by atoms with E-state index < -0.39 is 36.6 Å². The third kappa shape index (κ3) is 3.00. The minimum atomic E-state index is -5.02. The lowest BCUT2D eigenvalue weighted by Gasteiger charge is -2.25. The Bertz CT molecular complexity index is 232. The van der Waals surface area contributed by atoms with Crippen LogP contribution in [-0.2, 0) is 4.79 Å². The lowest BCUT2D eigenvalue weighted by molar-refractivity contribution is -0.184. The third-order valence-electron chi connectivity index (χ3n) is 1.79. The number of hydrogen-bond acceptors (Lipinski definition) is 1. The van der Waals surface area contributed by atoms with Crippen molar-refractivity contribution in [2.24, 2.45) is 5.92 Å². The van der Waals surface area contributed by atoms with Gasteiger partial charge in [0.15, 0.2) is 6.17 Å². The van der Waals surface area contributed by atoms with Crippen LogP contribution in [0.1, 0.15) is 6.92 Å². The van der Waals surface area contributed by atoms with E-state index in [0.29, 0.717) is 6.92 Å². The maximum atomic E-state index is 12.7. The first kappa shape index (κ1) is 14.0. The molecule has 0 spiro atoms. The predicted molar refractivity (Wildman–Crippen MR) is 37.5 cm³/mol. The van der Waals surface area contributed by atoms with Crippen LogP contribution in [0.15, 0.2) is 0 Å². The first-order valence-electron chi connectivity index (χ1n) is 3.79. The lowest BCUT2D eigenvalue weighted by Crippen LogP contribution is -2.48. The zero-order chi connectivity index (χ0) is 12.4. The summed E-state index contributed by atoms with van der Waals surface area (Å²) < 4.78 is 73.3. The van der Waals surface area contributed by atoms with E-state index in [-0.39, 0.29) is 0 Å². The van der Waals surface area contributed by atoms with Crippen molar-refractivity contribution in [3.05, 3.63) is 0 Å². The van der Waals surface area contributed by atoms with E-state index in [2.05, 4.69) is 0 Å². The van der Waals surface area contributed by atoms with E-state index in [1.165, 1.54) is 0 Å². The van der Waals surface area contributed by atoms with Gasteiger partial charge >= 0.3 is 11.9 Å². The molecule has 1 N–H and O–H groups in total. The Morgan fingerprint density at radius 1 is 1.13 bits per heavy atom. The lowest BCUT2D eigenvalue weighted by atomic mass is 9.97. The van der Waals surface area contributed by atoms with E-state index in [9.17, 15) is 31.1 Å². The molecular weight excluding hydrogens is 230 g/mol. The van der Waals surface area contributed by atoms with Crippen LogP contribution in [0, 0.1) is 5.92 Å². The van der Waals surface area contributed by atoms with Crippen LogP contribution in [0.25, 0.3) is 0 Å². The van der Waals surface area contributed by atoms with Gasteiger partial charge in [0, 0.05) is 0 Å². The maximum Gasteiger partial charge on any atom is 0.315 e. The molecule has 3 atom stereocenters. The highest BCUT2D eigenvalue weighted by atomic mass is 19.3. The zero-order valence-corrected chi connectivity index (χ0v) is 7.43. The molecule has 0 aliphatic rings. The van der Waals surface area contributed by atoms with Gasteiger partial charge in [-0.25, -0.2) is 17.6 Å². The smallest absolute Gasteiger partial charge is 0.315 e. The Balaban J connectivity index is 4.78. The molecule has 0 fully saturated rings. The fourth-order valence-electron chi connectivity index (χ4n) is 0.779. The summed E-state index contributed by atoms with van der Waals surface area (Å²) in [6, 6.07) is 0. The molecule has 0 bridgehead atoms. The van der Waals surface area contributed by atoms with Crippen LogP contribution in [-0.4, -0.2) is 35.8 Å². The largest absolute Gasteiger partial charge is 0.481 e. The van der Waals surface area contributed by atoms with Gasteiger partial charge in [0.2, 0.25) is 6.17 Å². The van der Waals surface area contributed by atoms with Gasteiger partial charge < -0.3 is 5.11 Å². The highest BCUT2D eigenvalue weighted by molar-refractivity contribution is 5.70. The van der Waals surface area contributed by atoms with Gasteiger partial charge in [-0.15, -0.1) is 0 Å². The topological polar surface area (TPSA) is 37.3 Å². The number of aliphatic carboxylic acids is 1. The molecule has 0 rings (SSSR count). The maximum absolute atomic E-state index is 12.7. The van der Waals surface area contributed by atoms with Crippen LogP contribution in [0.3, 0.4) is 0 Å². The van der Waals surface area contributed by atoms with Crippen molar-refractivity contribution in [2.45, 2.75) is 31.6 Å². The first-order chi connectivity index (χ1) is 6.62. The van der Waals surface area contributed by atoms with E-state index in [4.69, 9.17) is 5.11 Å². The molecule has 8 heteroatoms. The van der Waals surface area contributed by atoms with Crippen LogP contribution in [0.2, 0.25) is 0 Å². The van der Waals surface area contributed by atoms with Gasteiger partial charge in [0.1, 0.15) is 0 Å². The Morgan fingerprint density at radius 3 is 1.80 bits per heavy atom. The highest BCUT2D eigenvalue weighted by Gasteiger charge is 2.56. The molecule has 0 aromatic heterocycles. The number of alkyl halides is 6. The molecule has 0 saturated carbocycles. The molecule has 90 valence electrons. The average molecular weight is 238 g/mol. The Morgan fingerprint density at radius 2 is 1.53 bits per heavy atom. The van der Waals surface area contributed by atoms with Gasteiger partial charge in [0.25, 0.3) is 6.43 Å². The Hall–Kier alpha value is -0.950. The normalized spacial score (nSPS) is 18.7. The van der Waals surface area contributed by atoms with Gasteiger partial charge in [0.05, 0.1) is 5.92 Å². The molecule has 0 aliphatic heterocycles. The van der Waals surface area contributed by atoms with Gasteiger partial charge in [-0.05, 0) is 6.92 Å². The van der Waals surface area contributed by atoms with Gasteiger partial charge in [-0.2, -0.15) is 8.78 Å². The minimum Gasteiger partial charge on any atom is -0.481 e. The number of carboxylic acids is 1. The van der Waals surface area contributed by atoms with Crippen molar-refractivity contribution in [3.63, 3.8) is 0 Å². The van der Waals surface area contributed by atoms with Crippen molar-refractivity contribution < 1.29 is 36.2 Å². The molecular formula is C7H8F6O2. The molecule has 0 radical (unpaired) electrons.